The zero-order chi connectivity index (χ0) is 44.0. The maximum Gasteiger partial charge on any atom is 0.411 e. The Morgan fingerprint density at radius 3 is 1.07 bits per heavy atom. The van der Waals surface area contributed by atoms with Crippen molar-refractivity contribution in [3.63, 3.8) is 0 Å². The van der Waals surface area contributed by atoms with Crippen molar-refractivity contribution in [3.05, 3.63) is 143 Å². The van der Waals surface area contributed by atoms with E-state index in [0.29, 0.717) is 0 Å². The van der Waals surface area contributed by atoms with Crippen molar-refractivity contribution in [1.29, 1.82) is 0 Å². The molecule has 0 amide bonds. The highest BCUT2D eigenvalue weighted by molar-refractivity contribution is 5.92. The Hall–Kier alpha value is -6.86. The minimum absolute atomic E-state index is 0.00585. The van der Waals surface area contributed by atoms with Crippen LogP contribution in [0, 0.1) is 23.3 Å². The van der Waals surface area contributed by atoms with Gasteiger partial charge in [-0.3, -0.25) is 0 Å². The second-order valence-electron chi connectivity index (χ2n) is 12.1. The summed E-state index contributed by atoms with van der Waals surface area (Å²) < 4.78 is 178. The molecular weight excluding hydrogens is 818 g/mol. The fraction of sp³-hybridized carbons (Fsp3) is 0.179. The first-order valence-corrected chi connectivity index (χ1v) is 16.2. The number of ether oxygens (including phenoxy) is 6. The van der Waals surface area contributed by atoms with E-state index in [-0.39, 0.29) is 22.6 Å². The quantitative estimate of drug-likeness (QED) is 0.0400. The summed E-state index contributed by atoms with van der Waals surface area (Å²) >= 11 is 0. The number of alkyl halides is 6. The molecule has 0 saturated heterocycles. The average molecular weight is 845 g/mol. The van der Waals surface area contributed by atoms with E-state index in [1.54, 1.807) is 0 Å². The zero-order valence-corrected chi connectivity index (χ0v) is 30.1. The second kappa shape index (κ2) is 17.7. The minimum atomic E-state index is -6.63. The van der Waals surface area contributed by atoms with Gasteiger partial charge in [-0.15, -0.1) is 0 Å². The number of hydrogen-bond acceptors (Lipinski definition) is 10. The number of rotatable bonds is 14. The lowest BCUT2D eigenvalue weighted by molar-refractivity contribution is -0.288. The summed E-state index contributed by atoms with van der Waals surface area (Å²) in [5.41, 5.74) is -10.9. The van der Waals surface area contributed by atoms with Crippen LogP contribution in [0.5, 0.6) is 23.0 Å². The predicted molar refractivity (Wildman–Crippen MR) is 181 cm³/mol. The highest BCUT2D eigenvalue weighted by atomic mass is 19.4. The average Bonchev–Trinajstić information content (AvgIpc) is 3.13. The molecule has 0 heterocycles. The summed E-state index contributed by atoms with van der Waals surface area (Å²) in [7, 11) is 0. The number of benzene rings is 4. The molecule has 10 nitrogen and oxygen atoms in total. The third-order valence-corrected chi connectivity index (χ3v) is 7.81. The fourth-order valence-electron chi connectivity index (χ4n) is 4.96. The van der Waals surface area contributed by atoms with Crippen LogP contribution in [0.2, 0.25) is 0 Å². The molecule has 312 valence electrons. The van der Waals surface area contributed by atoms with Crippen LogP contribution in [-0.2, 0) is 24.5 Å². The molecule has 0 N–H and O–H groups in total. The van der Waals surface area contributed by atoms with Crippen molar-refractivity contribution in [2.45, 2.75) is 31.6 Å². The van der Waals surface area contributed by atoms with Crippen molar-refractivity contribution in [1.82, 2.24) is 0 Å². The summed E-state index contributed by atoms with van der Waals surface area (Å²) in [6.07, 6.45) is -13.3. The predicted octanol–water partition coefficient (Wildman–Crippen LogP) is 9.00. The van der Waals surface area contributed by atoms with E-state index < -0.39 is 137 Å². The maximum atomic E-state index is 15.3. The zero-order valence-electron chi connectivity index (χ0n) is 30.1. The van der Waals surface area contributed by atoms with Crippen LogP contribution in [0.3, 0.4) is 0 Å². The van der Waals surface area contributed by atoms with E-state index in [4.69, 9.17) is 18.9 Å². The van der Waals surface area contributed by atoms with Crippen LogP contribution in [0.15, 0.2) is 97.1 Å². The molecule has 0 aliphatic heterocycles. The smallest absolute Gasteiger partial charge is 0.411 e. The Labute approximate surface area is 326 Å². The van der Waals surface area contributed by atoms with Crippen molar-refractivity contribution in [2.24, 2.45) is 0 Å². The summed E-state index contributed by atoms with van der Waals surface area (Å²) in [5.74, 6) is -17.2. The third kappa shape index (κ3) is 10.00. The Morgan fingerprint density at radius 1 is 0.525 bits per heavy atom. The van der Waals surface area contributed by atoms with Gasteiger partial charge in [-0.2, -0.15) is 26.3 Å². The van der Waals surface area contributed by atoms with E-state index in [2.05, 4.69) is 22.6 Å². The normalized spacial score (nSPS) is 11.6. The van der Waals surface area contributed by atoms with Crippen LogP contribution >= 0.6 is 0 Å². The van der Waals surface area contributed by atoms with E-state index >= 15 is 17.6 Å². The molecule has 0 fully saturated rings. The Balaban J connectivity index is 1.62. The van der Waals surface area contributed by atoms with E-state index in [9.17, 15) is 45.5 Å². The van der Waals surface area contributed by atoms with Crippen molar-refractivity contribution >= 4 is 23.9 Å². The molecule has 0 unspecified atom stereocenters. The van der Waals surface area contributed by atoms with Gasteiger partial charge in [0.25, 0.3) is 0 Å². The van der Waals surface area contributed by atoms with Crippen molar-refractivity contribution in [2.75, 3.05) is 13.6 Å². The first-order chi connectivity index (χ1) is 27.5. The van der Waals surface area contributed by atoms with Gasteiger partial charge in [0.2, 0.25) is 30.5 Å². The van der Waals surface area contributed by atoms with E-state index in [1.165, 1.54) is 13.8 Å². The topological polar surface area (TPSA) is 124 Å². The van der Waals surface area contributed by atoms with Crippen molar-refractivity contribution < 1.29 is 91.5 Å². The lowest BCUT2D eigenvalue weighted by Gasteiger charge is -2.38. The van der Waals surface area contributed by atoms with Gasteiger partial charge in [0.15, 0.2) is 23.3 Å². The summed E-state index contributed by atoms with van der Waals surface area (Å²) in [6, 6.07) is 6.38. The molecule has 4 aromatic rings. The molecule has 0 bridgehead atoms. The lowest BCUT2D eigenvalue weighted by Crippen LogP contribution is -2.55. The van der Waals surface area contributed by atoms with Gasteiger partial charge >= 0.3 is 36.2 Å². The van der Waals surface area contributed by atoms with Crippen LogP contribution < -0.4 is 18.9 Å². The monoisotopic (exact) mass is 844 g/mol. The van der Waals surface area contributed by atoms with Gasteiger partial charge in [0.1, 0.15) is 11.5 Å². The summed E-state index contributed by atoms with van der Waals surface area (Å²) in [6.45, 7) is 8.29. The Bertz CT molecular complexity index is 2080. The van der Waals surface area contributed by atoms with E-state index in [1.807, 2.05) is 0 Å². The minimum Gasteiger partial charge on any atom is -0.457 e. The van der Waals surface area contributed by atoms with Gasteiger partial charge < -0.3 is 28.4 Å². The van der Waals surface area contributed by atoms with Crippen LogP contribution in [0.4, 0.5) is 43.9 Å². The molecule has 0 saturated carbocycles. The second-order valence-corrected chi connectivity index (χ2v) is 12.1. The molecule has 0 spiro atoms. The molecule has 0 aliphatic rings. The number of esters is 4. The first kappa shape index (κ1) is 44.8. The standard InChI is InChI=1S/C39H26F10O10/c1-19(2)33(50)56-17-54-25-9-5-21(6-10-25)35(52)58-31-27(40)13-23(14-28(31)41)37(38(44,45)46,39(47,48)49)24-15-29(42)32(30(43)16-24)59-36(53)22-7-11-26(12-8-22)55-18-57-34(51)20(3)4/h5-16H,1,3,17-18H2,2,4H3. The van der Waals surface area contributed by atoms with Crippen LogP contribution in [0.1, 0.15) is 45.7 Å². The van der Waals surface area contributed by atoms with Gasteiger partial charge in [-0.25, -0.2) is 36.7 Å². The molecule has 59 heavy (non-hydrogen) atoms. The summed E-state index contributed by atoms with van der Waals surface area (Å²) in [4.78, 5) is 48.1. The third-order valence-electron chi connectivity index (χ3n) is 7.81. The number of carbonyl (C=O) groups excluding carboxylic acids is 4. The van der Waals surface area contributed by atoms with Gasteiger partial charge in [0, 0.05) is 11.1 Å². The fourth-order valence-corrected chi connectivity index (χ4v) is 4.96. The number of hydrogen-bond donors (Lipinski definition) is 0. The molecular formula is C39H26F10O10. The Morgan fingerprint density at radius 2 is 0.814 bits per heavy atom. The Kier molecular flexibility index (Phi) is 13.5. The molecule has 4 rings (SSSR count). The molecule has 0 aromatic heterocycles. The molecule has 0 atom stereocenters. The van der Waals surface area contributed by atoms with Gasteiger partial charge in [-0.05, 0) is 97.8 Å². The maximum absolute atomic E-state index is 15.3. The number of carbonyl (C=O) groups is 4. The largest absolute Gasteiger partial charge is 0.457 e. The first-order valence-electron chi connectivity index (χ1n) is 16.2. The molecule has 0 radical (unpaired) electrons. The lowest BCUT2D eigenvalue weighted by atomic mass is 9.72. The number of halogens is 10. The molecule has 4 aromatic carbocycles. The summed E-state index contributed by atoms with van der Waals surface area (Å²) in [5, 5.41) is 0. The highest BCUT2D eigenvalue weighted by Gasteiger charge is 2.73. The van der Waals surface area contributed by atoms with E-state index in [0.717, 1.165) is 48.5 Å². The van der Waals surface area contributed by atoms with Gasteiger partial charge in [0.05, 0.1) is 11.1 Å². The van der Waals surface area contributed by atoms with Crippen LogP contribution in [-0.4, -0.2) is 49.8 Å². The molecule has 20 heteroatoms. The highest BCUT2D eigenvalue weighted by Crippen LogP contribution is 2.57. The van der Waals surface area contributed by atoms with Crippen LogP contribution in [0.25, 0.3) is 0 Å². The molecule has 0 aliphatic carbocycles. The SMILES string of the molecule is C=C(C)C(=O)OCOc1ccc(C(=O)Oc2c(F)cc(C(c3cc(F)c(OC(=O)c4ccc(OCOC(=O)C(=C)C)cc4)c(F)c3)(C(F)(F)F)C(F)(F)F)cc2F)cc1. The van der Waals surface area contributed by atoms with Crippen molar-refractivity contribution in [3.8, 4) is 23.0 Å². The van der Waals surface area contributed by atoms with Gasteiger partial charge in [-0.1, -0.05) is 13.2 Å².